The van der Waals surface area contributed by atoms with Crippen molar-refractivity contribution in [3.63, 3.8) is 0 Å². The van der Waals surface area contributed by atoms with Crippen LogP contribution in [0.4, 0.5) is 0 Å². The first-order valence-corrected chi connectivity index (χ1v) is 6.24. The Labute approximate surface area is 95.2 Å². The number of nitrogens with one attached hydrogen (secondary N) is 2. The van der Waals surface area contributed by atoms with E-state index in [2.05, 4.69) is 4.72 Å². The van der Waals surface area contributed by atoms with E-state index in [0.29, 0.717) is 0 Å². The zero-order valence-corrected chi connectivity index (χ0v) is 10.0. The Kier molecular flexibility index (Phi) is 3.66. The summed E-state index contributed by atoms with van der Waals surface area (Å²) in [6, 6.07) is 5.76. The maximum Gasteiger partial charge on any atom is 0.241 e. The summed E-state index contributed by atoms with van der Waals surface area (Å²) >= 11 is 0. The van der Waals surface area contributed by atoms with Crippen LogP contribution in [0.2, 0.25) is 0 Å². The Bertz CT molecular complexity index is 479. The monoisotopic (exact) mass is 241 g/mol. The third-order valence-corrected chi connectivity index (χ3v) is 3.69. The maximum atomic E-state index is 11.8. The van der Waals surface area contributed by atoms with Crippen LogP contribution in [0.5, 0.6) is 0 Å². The van der Waals surface area contributed by atoms with E-state index in [1.54, 1.807) is 12.1 Å². The molecule has 0 fully saturated rings. The zero-order chi connectivity index (χ0) is 12.3. The van der Waals surface area contributed by atoms with Gasteiger partial charge in [-0.05, 0) is 26.0 Å². The summed E-state index contributed by atoms with van der Waals surface area (Å²) < 4.78 is 25.9. The normalized spacial score (nSPS) is 13.4. The number of benzene rings is 1. The summed E-state index contributed by atoms with van der Waals surface area (Å²) in [5, 5.41) is 7.13. The second-order valence-corrected chi connectivity index (χ2v) is 5.33. The van der Waals surface area contributed by atoms with Gasteiger partial charge < -0.3 is 5.73 Å². The third kappa shape index (κ3) is 3.04. The average Bonchev–Trinajstić information content (AvgIpc) is 2.17. The topological polar surface area (TPSA) is 96.0 Å². The van der Waals surface area contributed by atoms with Gasteiger partial charge in [0.05, 0.1) is 10.9 Å². The fourth-order valence-corrected chi connectivity index (χ4v) is 2.30. The lowest BCUT2D eigenvalue weighted by atomic mass is 10.2. The predicted octanol–water partition coefficient (Wildman–Crippen LogP) is 0.598. The smallest absolute Gasteiger partial charge is 0.241 e. The van der Waals surface area contributed by atoms with Crippen molar-refractivity contribution in [1.82, 2.24) is 4.72 Å². The third-order valence-electron chi connectivity index (χ3n) is 2.13. The van der Waals surface area contributed by atoms with E-state index < -0.39 is 16.1 Å². The number of sulfonamides is 1. The van der Waals surface area contributed by atoms with E-state index >= 15 is 0 Å². The molecule has 0 amide bonds. The van der Waals surface area contributed by atoms with Crippen LogP contribution in [-0.4, -0.2) is 20.3 Å². The highest BCUT2D eigenvalue weighted by Crippen LogP contribution is 2.10. The van der Waals surface area contributed by atoms with Gasteiger partial charge in [0.25, 0.3) is 0 Å². The van der Waals surface area contributed by atoms with Crippen LogP contribution in [0.25, 0.3) is 0 Å². The summed E-state index contributed by atoms with van der Waals surface area (Å²) in [5.41, 5.74) is 6.19. The molecular weight excluding hydrogens is 226 g/mol. The molecule has 1 aromatic rings. The van der Waals surface area contributed by atoms with Crippen LogP contribution in [0, 0.1) is 12.3 Å². The number of nitrogens with two attached hydrogens (primary N) is 1. The standard InChI is InChI=1S/C10H15N3O2S/c1-7-3-5-9(6-4-7)16(14,15)13-8(2)10(11)12/h3-6,8,13H,1-2H3,(H3,11,12). The molecule has 0 radical (unpaired) electrons. The molecule has 1 aromatic carbocycles. The second-order valence-electron chi connectivity index (χ2n) is 3.61. The molecule has 0 aliphatic heterocycles. The van der Waals surface area contributed by atoms with E-state index in [-0.39, 0.29) is 10.7 Å². The first kappa shape index (κ1) is 12.7. The average molecular weight is 241 g/mol. The van der Waals surface area contributed by atoms with Gasteiger partial charge in [-0.25, -0.2) is 13.1 Å². The van der Waals surface area contributed by atoms with Crippen molar-refractivity contribution in [3.8, 4) is 0 Å². The quantitative estimate of drug-likeness (QED) is 0.532. The van der Waals surface area contributed by atoms with Gasteiger partial charge in [-0.1, -0.05) is 17.7 Å². The molecule has 0 aliphatic carbocycles. The minimum atomic E-state index is -3.59. The number of aryl methyl sites for hydroxylation is 1. The maximum absolute atomic E-state index is 11.8. The van der Waals surface area contributed by atoms with Crippen LogP contribution in [0.1, 0.15) is 12.5 Å². The lowest BCUT2D eigenvalue weighted by Crippen LogP contribution is -2.41. The minimum Gasteiger partial charge on any atom is -0.386 e. The van der Waals surface area contributed by atoms with Crippen LogP contribution in [-0.2, 0) is 10.0 Å². The Hall–Kier alpha value is -1.40. The second kappa shape index (κ2) is 4.63. The zero-order valence-electron chi connectivity index (χ0n) is 9.19. The van der Waals surface area contributed by atoms with Crippen LogP contribution < -0.4 is 10.5 Å². The fraction of sp³-hybridized carbons (Fsp3) is 0.300. The molecule has 5 nitrogen and oxygen atoms in total. The van der Waals surface area contributed by atoms with Crippen molar-refractivity contribution >= 4 is 15.9 Å². The summed E-state index contributed by atoms with van der Waals surface area (Å²) in [5.74, 6) is -0.212. The van der Waals surface area contributed by atoms with Crippen LogP contribution in [0.15, 0.2) is 29.2 Å². The van der Waals surface area contributed by atoms with Gasteiger partial charge >= 0.3 is 0 Å². The van der Waals surface area contributed by atoms with Crippen molar-refractivity contribution in [2.45, 2.75) is 24.8 Å². The summed E-state index contributed by atoms with van der Waals surface area (Å²) in [6.45, 7) is 3.40. The molecule has 0 heterocycles. The molecule has 16 heavy (non-hydrogen) atoms. The molecule has 0 saturated carbocycles. The van der Waals surface area contributed by atoms with E-state index in [1.807, 2.05) is 6.92 Å². The summed E-state index contributed by atoms with van der Waals surface area (Å²) in [6.07, 6.45) is 0. The number of rotatable bonds is 4. The molecule has 1 unspecified atom stereocenters. The molecule has 1 atom stereocenters. The molecule has 0 aromatic heterocycles. The lowest BCUT2D eigenvalue weighted by molar-refractivity contribution is 0.578. The molecule has 0 spiro atoms. The van der Waals surface area contributed by atoms with E-state index in [4.69, 9.17) is 11.1 Å². The highest BCUT2D eigenvalue weighted by Gasteiger charge is 2.18. The first-order chi connectivity index (χ1) is 7.33. The number of hydrogen-bond donors (Lipinski definition) is 3. The minimum absolute atomic E-state index is 0.172. The molecule has 0 saturated heterocycles. The van der Waals surface area contributed by atoms with Crippen molar-refractivity contribution in [2.75, 3.05) is 0 Å². The molecule has 88 valence electrons. The Morgan fingerprint density at radius 3 is 2.31 bits per heavy atom. The van der Waals surface area contributed by atoms with E-state index in [0.717, 1.165) is 5.56 Å². The van der Waals surface area contributed by atoms with Crippen molar-refractivity contribution in [2.24, 2.45) is 5.73 Å². The highest BCUT2D eigenvalue weighted by molar-refractivity contribution is 7.89. The van der Waals surface area contributed by atoms with Gasteiger partial charge in [-0.2, -0.15) is 0 Å². The predicted molar refractivity (Wildman–Crippen MR) is 62.9 cm³/mol. The largest absolute Gasteiger partial charge is 0.386 e. The SMILES string of the molecule is Cc1ccc(S(=O)(=O)NC(C)C(=N)N)cc1. The molecule has 1 rings (SSSR count). The van der Waals surface area contributed by atoms with Gasteiger partial charge in [0.2, 0.25) is 10.0 Å². The number of amidine groups is 1. The van der Waals surface area contributed by atoms with Crippen LogP contribution in [0.3, 0.4) is 0 Å². The molecule has 0 aliphatic rings. The summed E-state index contributed by atoms with van der Waals surface area (Å²) in [7, 11) is -3.59. The molecule has 4 N–H and O–H groups in total. The molecule has 0 bridgehead atoms. The van der Waals surface area contributed by atoms with E-state index in [9.17, 15) is 8.42 Å². The molecular formula is C10H15N3O2S. The van der Waals surface area contributed by atoms with Crippen LogP contribution >= 0.6 is 0 Å². The lowest BCUT2D eigenvalue weighted by Gasteiger charge is -2.12. The Morgan fingerprint density at radius 1 is 1.38 bits per heavy atom. The fourth-order valence-electron chi connectivity index (χ4n) is 1.08. The van der Waals surface area contributed by atoms with Gasteiger partial charge in [0.1, 0.15) is 5.84 Å². The van der Waals surface area contributed by atoms with Crippen molar-refractivity contribution in [1.29, 1.82) is 5.41 Å². The highest BCUT2D eigenvalue weighted by atomic mass is 32.2. The van der Waals surface area contributed by atoms with Crippen molar-refractivity contribution in [3.05, 3.63) is 29.8 Å². The van der Waals surface area contributed by atoms with E-state index in [1.165, 1.54) is 19.1 Å². The Morgan fingerprint density at radius 2 is 1.88 bits per heavy atom. The van der Waals surface area contributed by atoms with Gasteiger partial charge in [-0.3, -0.25) is 5.41 Å². The van der Waals surface area contributed by atoms with Gasteiger partial charge in [-0.15, -0.1) is 0 Å². The Balaban J connectivity index is 2.94. The van der Waals surface area contributed by atoms with Gasteiger partial charge in [0, 0.05) is 0 Å². The van der Waals surface area contributed by atoms with Crippen molar-refractivity contribution < 1.29 is 8.42 Å². The first-order valence-electron chi connectivity index (χ1n) is 4.76. The number of hydrogen-bond acceptors (Lipinski definition) is 3. The summed E-state index contributed by atoms with van der Waals surface area (Å²) in [4.78, 5) is 0.172. The molecule has 6 heteroatoms. The van der Waals surface area contributed by atoms with Gasteiger partial charge in [0.15, 0.2) is 0 Å².